The highest BCUT2D eigenvalue weighted by Crippen LogP contribution is 2.27. The lowest BCUT2D eigenvalue weighted by molar-refractivity contribution is -0.0343. The van der Waals surface area contributed by atoms with E-state index >= 15 is 0 Å². The number of aryl methyl sites for hydroxylation is 2. The summed E-state index contributed by atoms with van der Waals surface area (Å²) in [6.07, 6.45) is 0.723. The van der Waals surface area contributed by atoms with Crippen LogP contribution in [0.4, 0.5) is 0 Å². The number of ether oxygens (including phenoxy) is 2. The SMILES string of the molecule is COC1(COc2cccc(C)c2)CCN(C(=O)c2ccc(C)nn2)C1. The molecule has 0 radical (unpaired) electrons. The molecule has 0 aliphatic carbocycles. The number of carbonyl (C=O) groups is 1. The first kappa shape index (κ1) is 17.4. The first-order valence-corrected chi connectivity index (χ1v) is 8.36. The van der Waals surface area contributed by atoms with Gasteiger partial charge in [0, 0.05) is 13.7 Å². The molecule has 1 aromatic heterocycles. The monoisotopic (exact) mass is 341 g/mol. The van der Waals surface area contributed by atoms with Crippen LogP contribution in [0.1, 0.15) is 28.2 Å². The van der Waals surface area contributed by atoms with Gasteiger partial charge in [0.05, 0.1) is 12.2 Å². The van der Waals surface area contributed by atoms with Crippen LogP contribution in [-0.4, -0.2) is 53.4 Å². The molecule has 1 saturated heterocycles. The Hall–Kier alpha value is -2.47. The maximum atomic E-state index is 12.6. The lowest BCUT2D eigenvalue weighted by Gasteiger charge is -2.27. The smallest absolute Gasteiger partial charge is 0.274 e. The van der Waals surface area contributed by atoms with Crippen LogP contribution in [0, 0.1) is 13.8 Å². The van der Waals surface area contributed by atoms with Gasteiger partial charge in [-0.15, -0.1) is 5.10 Å². The molecule has 0 bridgehead atoms. The summed E-state index contributed by atoms with van der Waals surface area (Å²) >= 11 is 0. The Kier molecular flexibility index (Phi) is 4.99. The van der Waals surface area contributed by atoms with Gasteiger partial charge < -0.3 is 14.4 Å². The third kappa shape index (κ3) is 3.96. The second-order valence-electron chi connectivity index (χ2n) is 6.53. The molecule has 1 amide bonds. The summed E-state index contributed by atoms with van der Waals surface area (Å²) in [5, 5.41) is 7.95. The van der Waals surface area contributed by atoms with Crippen molar-refractivity contribution in [2.45, 2.75) is 25.9 Å². The number of nitrogens with zero attached hydrogens (tertiary/aromatic N) is 3. The number of hydrogen-bond donors (Lipinski definition) is 0. The fourth-order valence-corrected chi connectivity index (χ4v) is 2.96. The van der Waals surface area contributed by atoms with E-state index < -0.39 is 5.60 Å². The van der Waals surface area contributed by atoms with Gasteiger partial charge in [-0.05, 0) is 50.1 Å². The number of rotatable bonds is 5. The largest absolute Gasteiger partial charge is 0.491 e. The van der Waals surface area contributed by atoms with Crippen LogP contribution < -0.4 is 4.74 Å². The number of likely N-dealkylation sites (tertiary alicyclic amines) is 1. The predicted octanol–water partition coefficient (Wildman–Crippen LogP) is 2.40. The van der Waals surface area contributed by atoms with Crippen LogP contribution in [0.2, 0.25) is 0 Å². The molecule has 2 heterocycles. The van der Waals surface area contributed by atoms with Crippen molar-refractivity contribution in [3.63, 3.8) is 0 Å². The first-order chi connectivity index (χ1) is 12.0. The van der Waals surface area contributed by atoms with Gasteiger partial charge in [0.2, 0.25) is 0 Å². The van der Waals surface area contributed by atoms with E-state index in [9.17, 15) is 4.79 Å². The van der Waals surface area contributed by atoms with Crippen LogP contribution in [-0.2, 0) is 4.74 Å². The zero-order chi connectivity index (χ0) is 17.9. The molecule has 132 valence electrons. The van der Waals surface area contributed by atoms with Gasteiger partial charge in [0.25, 0.3) is 5.91 Å². The maximum Gasteiger partial charge on any atom is 0.274 e. The minimum atomic E-state index is -0.502. The highest BCUT2D eigenvalue weighted by atomic mass is 16.5. The molecule has 1 fully saturated rings. The Bertz CT molecular complexity index is 748. The molecule has 1 aromatic carbocycles. The Morgan fingerprint density at radius 1 is 1.24 bits per heavy atom. The van der Waals surface area contributed by atoms with Gasteiger partial charge in [0.1, 0.15) is 18.0 Å². The summed E-state index contributed by atoms with van der Waals surface area (Å²) in [6.45, 7) is 5.35. The summed E-state index contributed by atoms with van der Waals surface area (Å²) in [5.41, 5.74) is 1.79. The molecule has 6 heteroatoms. The van der Waals surface area contributed by atoms with E-state index in [1.54, 1.807) is 24.1 Å². The van der Waals surface area contributed by atoms with Gasteiger partial charge in [-0.2, -0.15) is 5.10 Å². The zero-order valence-electron chi connectivity index (χ0n) is 14.9. The third-order valence-corrected chi connectivity index (χ3v) is 4.54. The normalized spacial score (nSPS) is 19.9. The van der Waals surface area contributed by atoms with Crippen LogP contribution in [0.5, 0.6) is 5.75 Å². The topological polar surface area (TPSA) is 64.6 Å². The fourth-order valence-electron chi connectivity index (χ4n) is 2.96. The molecule has 1 aliphatic rings. The van der Waals surface area contributed by atoms with Crippen molar-refractivity contribution >= 4 is 5.91 Å². The van der Waals surface area contributed by atoms with E-state index in [2.05, 4.69) is 10.2 Å². The number of hydrogen-bond acceptors (Lipinski definition) is 5. The Balaban J connectivity index is 1.65. The van der Waals surface area contributed by atoms with E-state index in [4.69, 9.17) is 9.47 Å². The molecule has 0 spiro atoms. The summed E-state index contributed by atoms with van der Waals surface area (Å²) in [7, 11) is 1.67. The van der Waals surface area contributed by atoms with Gasteiger partial charge in [-0.1, -0.05) is 12.1 Å². The van der Waals surface area contributed by atoms with Crippen molar-refractivity contribution < 1.29 is 14.3 Å². The maximum absolute atomic E-state index is 12.6. The molecule has 25 heavy (non-hydrogen) atoms. The lowest BCUT2D eigenvalue weighted by Crippen LogP contribution is -2.42. The van der Waals surface area contributed by atoms with Crippen LogP contribution in [0.3, 0.4) is 0 Å². The highest BCUT2D eigenvalue weighted by molar-refractivity contribution is 5.92. The predicted molar refractivity (Wildman–Crippen MR) is 93.7 cm³/mol. The number of carbonyl (C=O) groups excluding carboxylic acids is 1. The number of aromatic nitrogens is 2. The third-order valence-electron chi connectivity index (χ3n) is 4.54. The van der Waals surface area contributed by atoms with Crippen molar-refractivity contribution in [3.05, 3.63) is 53.3 Å². The molecular weight excluding hydrogens is 318 g/mol. The van der Waals surface area contributed by atoms with Crippen LogP contribution in [0.25, 0.3) is 0 Å². The summed E-state index contributed by atoms with van der Waals surface area (Å²) in [4.78, 5) is 14.4. The molecule has 1 unspecified atom stereocenters. The van der Waals surface area contributed by atoms with E-state index in [0.717, 1.165) is 23.4 Å². The molecule has 1 aliphatic heterocycles. The second-order valence-corrected chi connectivity index (χ2v) is 6.53. The molecule has 0 N–H and O–H groups in total. The zero-order valence-corrected chi connectivity index (χ0v) is 14.9. The van der Waals surface area contributed by atoms with Gasteiger partial charge in [-0.3, -0.25) is 4.79 Å². The first-order valence-electron chi connectivity index (χ1n) is 8.36. The van der Waals surface area contributed by atoms with Crippen molar-refractivity contribution in [1.29, 1.82) is 0 Å². The summed E-state index contributed by atoms with van der Waals surface area (Å²) in [5.74, 6) is 0.688. The number of methoxy groups -OCH3 is 1. The van der Waals surface area contributed by atoms with E-state index in [1.807, 2.05) is 38.1 Å². The molecule has 3 rings (SSSR count). The lowest BCUT2D eigenvalue weighted by atomic mass is 10.0. The Morgan fingerprint density at radius 3 is 2.76 bits per heavy atom. The van der Waals surface area contributed by atoms with Crippen LogP contribution >= 0.6 is 0 Å². The fraction of sp³-hybridized carbons (Fsp3) is 0.421. The van der Waals surface area contributed by atoms with Crippen molar-refractivity contribution in [2.75, 3.05) is 26.8 Å². The minimum Gasteiger partial charge on any atom is -0.491 e. The summed E-state index contributed by atoms with van der Waals surface area (Å²) in [6, 6.07) is 11.4. The van der Waals surface area contributed by atoms with E-state index in [1.165, 1.54) is 0 Å². The number of amides is 1. The molecule has 0 saturated carbocycles. The Morgan fingerprint density at radius 2 is 2.08 bits per heavy atom. The quantitative estimate of drug-likeness (QED) is 0.835. The average Bonchev–Trinajstić information content (AvgIpc) is 3.05. The van der Waals surface area contributed by atoms with E-state index in [0.29, 0.717) is 25.4 Å². The van der Waals surface area contributed by atoms with E-state index in [-0.39, 0.29) is 5.91 Å². The average molecular weight is 341 g/mol. The van der Waals surface area contributed by atoms with Crippen molar-refractivity contribution in [1.82, 2.24) is 15.1 Å². The van der Waals surface area contributed by atoms with Crippen molar-refractivity contribution in [3.8, 4) is 5.75 Å². The standard InChI is InChI=1S/C19H23N3O3/c1-14-5-4-6-16(11-14)25-13-19(24-3)9-10-22(12-19)18(23)17-8-7-15(2)20-21-17/h4-8,11H,9-10,12-13H2,1-3H3. The summed E-state index contributed by atoms with van der Waals surface area (Å²) < 4.78 is 11.7. The van der Waals surface area contributed by atoms with Crippen molar-refractivity contribution in [2.24, 2.45) is 0 Å². The number of benzene rings is 1. The highest BCUT2D eigenvalue weighted by Gasteiger charge is 2.41. The van der Waals surface area contributed by atoms with Gasteiger partial charge >= 0.3 is 0 Å². The van der Waals surface area contributed by atoms with Gasteiger partial charge in [-0.25, -0.2) is 0 Å². The van der Waals surface area contributed by atoms with Crippen LogP contribution in [0.15, 0.2) is 36.4 Å². The second kappa shape index (κ2) is 7.19. The molecule has 2 aromatic rings. The molecule has 1 atom stereocenters. The Labute approximate surface area is 147 Å². The van der Waals surface area contributed by atoms with Gasteiger partial charge in [0.15, 0.2) is 5.69 Å². The molecular formula is C19H23N3O3. The molecule has 6 nitrogen and oxygen atoms in total. The minimum absolute atomic E-state index is 0.123.